The van der Waals surface area contributed by atoms with Crippen LogP contribution in [0.15, 0.2) is 47.5 Å². The summed E-state index contributed by atoms with van der Waals surface area (Å²) in [6, 6.07) is 8.39. The van der Waals surface area contributed by atoms with Gasteiger partial charge in [0.2, 0.25) is 10.0 Å². The zero-order valence-corrected chi connectivity index (χ0v) is 11.0. The van der Waals surface area contributed by atoms with E-state index in [1.54, 1.807) is 12.1 Å². The van der Waals surface area contributed by atoms with E-state index in [4.69, 9.17) is 5.11 Å². The first-order valence-electron chi connectivity index (χ1n) is 5.58. The number of nitrogens with zero attached hydrogens (tertiary/aromatic N) is 2. The first-order chi connectivity index (χ1) is 9.49. The van der Waals surface area contributed by atoms with Crippen LogP contribution in [0.4, 0.5) is 0 Å². The van der Waals surface area contributed by atoms with E-state index in [2.05, 4.69) is 14.9 Å². The lowest BCUT2D eigenvalue weighted by atomic mass is 10.2. The minimum atomic E-state index is -3.80. The van der Waals surface area contributed by atoms with E-state index in [1.807, 2.05) is 0 Å². The van der Waals surface area contributed by atoms with E-state index >= 15 is 0 Å². The number of carboxylic acid groups (broad SMARTS) is 1. The largest absolute Gasteiger partial charge is 0.478 e. The summed E-state index contributed by atoms with van der Waals surface area (Å²) in [7, 11) is -3.80. The van der Waals surface area contributed by atoms with Crippen molar-refractivity contribution in [3.05, 3.63) is 53.9 Å². The molecule has 2 rings (SSSR count). The van der Waals surface area contributed by atoms with Gasteiger partial charge >= 0.3 is 5.97 Å². The van der Waals surface area contributed by atoms with E-state index in [0.29, 0.717) is 5.69 Å². The van der Waals surface area contributed by atoms with Crippen molar-refractivity contribution in [2.24, 2.45) is 0 Å². The van der Waals surface area contributed by atoms with Gasteiger partial charge in [0.05, 0.1) is 22.7 Å². The Morgan fingerprint density at radius 1 is 1.25 bits per heavy atom. The fourth-order valence-corrected chi connectivity index (χ4v) is 2.52. The second-order valence-electron chi connectivity index (χ2n) is 3.87. The maximum absolute atomic E-state index is 12.0. The molecule has 0 saturated heterocycles. The second-order valence-corrected chi connectivity index (χ2v) is 5.64. The molecule has 7 nitrogen and oxygen atoms in total. The number of carboxylic acids is 1. The smallest absolute Gasteiger partial charge is 0.335 e. The standard InChI is InChI=1S/C12H11N3O4S/c16-12(17)9-3-1-5-11(7-9)20(18,19)14-8-10-4-2-6-13-15-10/h1-7,14H,8H2,(H,16,17). The zero-order valence-electron chi connectivity index (χ0n) is 10.2. The Hall–Kier alpha value is -2.32. The fraction of sp³-hybridized carbons (Fsp3) is 0.0833. The van der Waals surface area contributed by atoms with Gasteiger partial charge in [0, 0.05) is 6.20 Å². The number of hydrogen-bond acceptors (Lipinski definition) is 5. The van der Waals surface area contributed by atoms with Crippen LogP contribution in [0.2, 0.25) is 0 Å². The van der Waals surface area contributed by atoms with Crippen molar-refractivity contribution in [2.45, 2.75) is 11.4 Å². The number of aromatic nitrogens is 2. The number of nitrogens with one attached hydrogen (secondary N) is 1. The average Bonchev–Trinajstić information content (AvgIpc) is 2.46. The van der Waals surface area contributed by atoms with Gasteiger partial charge in [-0.15, -0.1) is 0 Å². The van der Waals surface area contributed by atoms with E-state index in [9.17, 15) is 13.2 Å². The lowest BCUT2D eigenvalue weighted by Crippen LogP contribution is -2.24. The molecule has 0 bridgehead atoms. The van der Waals surface area contributed by atoms with Gasteiger partial charge in [-0.1, -0.05) is 6.07 Å². The van der Waals surface area contributed by atoms with Crippen LogP contribution in [0, 0.1) is 0 Å². The van der Waals surface area contributed by atoms with E-state index < -0.39 is 16.0 Å². The molecule has 2 N–H and O–H groups in total. The van der Waals surface area contributed by atoms with Gasteiger partial charge in [0.25, 0.3) is 0 Å². The van der Waals surface area contributed by atoms with Gasteiger partial charge in [-0.3, -0.25) is 0 Å². The molecule has 0 aliphatic rings. The molecule has 0 fully saturated rings. The Kier molecular flexibility index (Phi) is 4.06. The van der Waals surface area contributed by atoms with E-state index in [-0.39, 0.29) is 17.0 Å². The minimum Gasteiger partial charge on any atom is -0.478 e. The molecule has 0 spiro atoms. The molecule has 1 aromatic heterocycles. The number of sulfonamides is 1. The highest BCUT2D eigenvalue weighted by molar-refractivity contribution is 7.89. The molecule has 0 atom stereocenters. The number of hydrogen-bond donors (Lipinski definition) is 2. The monoisotopic (exact) mass is 293 g/mol. The lowest BCUT2D eigenvalue weighted by molar-refractivity contribution is 0.0696. The summed E-state index contributed by atoms with van der Waals surface area (Å²) < 4.78 is 26.4. The molecule has 20 heavy (non-hydrogen) atoms. The summed E-state index contributed by atoms with van der Waals surface area (Å²) in [6.07, 6.45) is 1.48. The van der Waals surface area contributed by atoms with Crippen molar-refractivity contribution in [1.82, 2.24) is 14.9 Å². The Bertz CT molecular complexity index is 716. The summed E-state index contributed by atoms with van der Waals surface area (Å²) in [5, 5.41) is 16.2. The molecular formula is C12H11N3O4S. The quantitative estimate of drug-likeness (QED) is 0.837. The minimum absolute atomic E-state index is 0.0204. The molecule has 0 aliphatic carbocycles. The zero-order chi connectivity index (χ0) is 14.6. The predicted molar refractivity (Wildman–Crippen MR) is 69.5 cm³/mol. The van der Waals surface area contributed by atoms with E-state index in [1.165, 1.54) is 24.4 Å². The molecule has 0 amide bonds. The SMILES string of the molecule is O=C(O)c1cccc(S(=O)(=O)NCc2cccnn2)c1. The molecule has 1 heterocycles. The normalized spacial score (nSPS) is 11.2. The highest BCUT2D eigenvalue weighted by Gasteiger charge is 2.16. The van der Waals surface area contributed by atoms with Crippen LogP contribution in [0.25, 0.3) is 0 Å². The van der Waals surface area contributed by atoms with Crippen molar-refractivity contribution >= 4 is 16.0 Å². The summed E-state index contributed by atoms with van der Waals surface area (Å²) in [6.45, 7) is -0.0204. The molecule has 0 radical (unpaired) electrons. The van der Waals surface area contributed by atoms with Crippen LogP contribution in [-0.2, 0) is 16.6 Å². The third kappa shape index (κ3) is 3.37. The van der Waals surface area contributed by atoms with Crippen molar-refractivity contribution in [1.29, 1.82) is 0 Å². The van der Waals surface area contributed by atoms with Gasteiger partial charge in [0.15, 0.2) is 0 Å². The predicted octanol–water partition coefficient (Wildman–Crippen LogP) is 0.653. The fourth-order valence-electron chi connectivity index (χ4n) is 1.48. The van der Waals surface area contributed by atoms with Crippen molar-refractivity contribution < 1.29 is 18.3 Å². The third-order valence-electron chi connectivity index (χ3n) is 2.46. The number of rotatable bonds is 5. The first kappa shape index (κ1) is 14.1. The molecule has 0 unspecified atom stereocenters. The molecule has 0 saturated carbocycles. The maximum atomic E-state index is 12.0. The highest BCUT2D eigenvalue weighted by Crippen LogP contribution is 2.12. The van der Waals surface area contributed by atoms with Gasteiger partial charge in [0.1, 0.15) is 0 Å². The molecule has 0 aliphatic heterocycles. The molecular weight excluding hydrogens is 282 g/mol. The van der Waals surface area contributed by atoms with Crippen molar-refractivity contribution in [2.75, 3.05) is 0 Å². The van der Waals surface area contributed by atoms with Crippen LogP contribution in [-0.4, -0.2) is 29.7 Å². The number of aromatic carboxylic acids is 1. The van der Waals surface area contributed by atoms with Crippen LogP contribution >= 0.6 is 0 Å². The average molecular weight is 293 g/mol. The highest BCUT2D eigenvalue weighted by atomic mass is 32.2. The van der Waals surface area contributed by atoms with E-state index in [0.717, 1.165) is 6.07 Å². The Morgan fingerprint density at radius 2 is 2.05 bits per heavy atom. The summed E-state index contributed by atoms with van der Waals surface area (Å²) >= 11 is 0. The summed E-state index contributed by atoms with van der Waals surface area (Å²) in [5.74, 6) is -1.18. The van der Waals surface area contributed by atoms with Crippen molar-refractivity contribution in [3.8, 4) is 0 Å². The van der Waals surface area contributed by atoms with Crippen LogP contribution in [0.1, 0.15) is 16.1 Å². The second kappa shape index (κ2) is 5.76. The topological polar surface area (TPSA) is 109 Å². The Balaban J connectivity index is 2.18. The molecule has 104 valence electrons. The van der Waals surface area contributed by atoms with Crippen LogP contribution in [0.3, 0.4) is 0 Å². The lowest BCUT2D eigenvalue weighted by Gasteiger charge is -2.06. The first-order valence-corrected chi connectivity index (χ1v) is 7.07. The van der Waals surface area contributed by atoms with Crippen LogP contribution in [0.5, 0.6) is 0 Å². The number of carbonyl (C=O) groups is 1. The Morgan fingerprint density at radius 3 is 2.70 bits per heavy atom. The van der Waals surface area contributed by atoms with Crippen molar-refractivity contribution in [3.63, 3.8) is 0 Å². The van der Waals surface area contributed by atoms with Gasteiger partial charge in [-0.25, -0.2) is 17.9 Å². The molecule has 8 heteroatoms. The van der Waals surface area contributed by atoms with Gasteiger partial charge in [-0.2, -0.15) is 10.2 Å². The Labute approximate surface area is 115 Å². The third-order valence-corrected chi connectivity index (χ3v) is 3.86. The van der Waals surface area contributed by atoms with Gasteiger partial charge in [-0.05, 0) is 30.3 Å². The summed E-state index contributed by atoms with van der Waals surface area (Å²) in [5.41, 5.74) is 0.373. The van der Waals surface area contributed by atoms with Gasteiger partial charge < -0.3 is 5.11 Å². The summed E-state index contributed by atoms with van der Waals surface area (Å²) in [4.78, 5) is 10.7. The molecule has 1 aromatic carbocycles. The maximum Gasteiger partial charge on any atom is 0.335 e. The van der Waals surface area contributed by atoms with Crippen LogP contribution < -0.4 is 4.72 Å². The number of benzene rings is 1. The molecule has 2 aromatic rings.